The molecule has 4 aromatic heterocycles. The van der Waals surface area contributed by atoms with E-state index in [1.54, 1.807) is 50.5 Å². The second-order valence-corrected chi connectivity index (χ2v) is 26.3. The van der Waals surface area contributed by atoms with E-state index in [2.05, 4.69) is 30.5 Å². The summed E-state index contributed by atoms with van der Waals surface area (Å²) in [6.07, 6.45) is 3.87. The number of hydrogen-bond acceptors (Lipinski definition) is 26. The van der Waals surface area contributed by atoms with Crippen molar-refractivity contribution < 1.29 is 121 Å². The van der Waals surface area contributed by atoms with Gasteiger partial charge in [-0.15, -0.1) is 0 Å². The van der Waals surface area contributed by atoms with Crippen LogP contribution in [0.3, 0.4) is 0 Å². The number of amides is 5. The Labute approximate surface area is 648 Å². The highest BCUT2D eigenvalue weighted by atomic mass is 32.2. The van der Waals surface area contributed by atoms with Gasteiger partial charge in [0.05, 0.1) is 181 Å². The van der Waals surface area contributed by atoms with Gasteiger partial charge in [0.2, 0.25) is 47.0 Å². The molecule has 113 heavy (non-hydrogen) atoms. The number of primary amides is 2. The predicted octanol–water partition coefficient (Wildman–Crippen LogP) is 4.67. The van der Waals surface area contributed by atoms with E-state index < -0.39 is 80.1 Å². The molecule has 0 spiro atoms. The second-order valence-electron chi connectivity index (χ2n) is 25.0. The number of allylic oxidation sites excluding steroid dienone is 2. The zero-order valence-corrected chi connectivity index (χ0v) is 64.3. The molecule has 7 aromatic rings. The summed E-state index contributed by atoms with van der Waals surface area (Å²) in [5, 5.41) is 14.7. The zero-order valence-electron chi connectivity index (χ0n) is 63.5. The van der Waals surface area contributed by atoms with Gasteiger partial charge in [-0.3, -0.25) is 58.2 Å². The van der Waals surface area contributed by atoms with Crippen LogP contribution < -0.4 is 36.3 Å². The summed E-state index contributed by atoms with van der Waals surface area (Å²) >= 11 is 0. The SMILES string of the molecule is CCn1nc(C)cc1C(=O)Nc1nc2cc(C(N)=O)cc(OC)c2n1C/C=C/Cn1c(NC(=O)c2cc(C)nn2CC)nc2cc(C(N)=O)cc(OCCCN3CCN(C(=O)CCOCCOCCOCCOCCOCCOCCOCCOCCOCCOCCC(=O)Oc4c(F)c(F)c(S(=O)(=O)O)c(F)c4F)CC3)c21. The number of rotatable bonds is 53. The van der Waals surface area contributed by atoms with Gasteiger partial charge in [-0.1, -0.05) is 12.2 Å². The zero-order chi connectivity index (χ0) is 81.4. The average molecular weight is 1620 g/mol. The third kappa shape index (κ3) is 26.5. The molecule has 0 unspecified atom stereocenters. The largest absolute Gasteiger partial charge is 0.494 e. The fraction of sp³-hybridized carbons (Fsp3) is 0.528. The molecule has 36 nitrogen and oxygen atoms in total. The normalized spacial score (nSPS) is 12.8. The van der Waals surface area contributed by atoms with Crippen LogP contribution in [0, 0.1) is 37.1 Å². The van der Waals surface area contributed by atoms with E-state index in [0.717, 1.165) is 0 Å². The molecule has 1 fully saturated rings. The van der Waals surface area contributed by atoms with E-state index in [1.165, 1.54) is 25.3 Å². The Bertz CT molecular complexity index is 4460. The Morgan fingerprint density at radius 3 is 1.28 bits per heavy atom. The monoisotopic (exact) mass is 1620 g/mol. The summed E-state index contributed by atoms with van der Waals surface area (Å²) < 4.78 is 165. The van der Waals surface area contributed by atoms with Crippen LogP contribution in [0.1, 0.15) is 86.2 Å². The fourth-order valence-electron chi connectivity index (χ4n) is 11.5. The van der Waals surface area contributed by atoms with Gasteiger partial charge >= 0.3 is 16.1 Å². The molecule has 7 N–H and O–H groups in total. The van der Waals surface area contributed by atoms with Crippen LogP contribution in [0.5, 0.6) is 17.2 Å². The van der Waals surface area contributed by atoms with Crippen molar-refractivity contribution in [3.8, 4) is 17.2 Å². The number of carbonyl (C=O) groups is 6. The van der Waals surface area contributed by atoms with E-state index in [1.807, 2.05) is 30.9 Å². The number of fused-ring (bicyclic) bond motifs is 2. The number of carbonyl (C=O) groups excluding carboxylic acids is 6. The molecule has 1 aliphatic heterocycles. The number of methoxy groups -OCH3 is 1. The van der Waals surface area contributed by atoms with Crippen molar-refractivity contribution in [3.05, 3.63) is 106 Å². The molecule has 0 radical (unpaired) electrons. The Hall–Kier alpha value is -9.63. The van der Waals surface area contributed by atoms with Crippen LogP contribution in [-0.2, 0) is 93.3 Å². The lowest BCUT2D eigenvalue weighted by Crippen LogP contribution is -2.49. The molecule has 5 heterocycles. The first kappa shape index (κ1) is 88.9. The highest BCUT2D eigenvalue weighted by molar-refractivity contribution is 7.85. The van der Waals surface area contributed by atoms with Crippen molar-refractivity contribution in [1.29, 1.82) is 0 Å². The molecule has 3 aromatic carbocycles. The minimum absolute atomic E-state index is 0.00324. The fourth-order valence-corrected chi connectivity index (χ4v) is 12.1. The van der Waals surface area contributed by atoms with Crippen molar-refractivity contribution in [2.75, 3.05) is 189 Å². The number of ether oxygens (including phenoxy) is 13. The Morgan fingerprint density at radius 1 is 0.522 bits per heavy atom. The third-order valence-corrected chi connectivity index (χ3v) is 17.9. The number of halogens is 4. The minimum atomic E-state index is -5.66. The number of imidazole rings is 2. The average Bonchev–Trinajstić information content (AvgIpc) is 1.60. The van der Waals surface area contributed by atoms with Gasteiger partial charge in [0.25, 0.3) is 11.8 Å². The smallest absolute Gasteiger partial charge is 0.313 e. The lowest BCUT2D eigenvalue weighted by molar-refractivity contribution is -0.136. The van der Waals surface area contributed by atoms with Crippen molar-refractivity contribution in [3.63, 3.8) is 0 Å². The van der Waals surface area contributed by atoms with E-state index in [-0.39, 0.29) is 100 Å². The molecule has 5 amide bonds. The number of nitrogens with two attached hydrogens (primary N) is 2. The second kappa shape index (κ2) is 45.3. The summed E-state index contributed by atoms with van der Waals surface area (Å²) in [5.74, 6) is -14.2. The Kier molecular flexibility index (Phi) is 35.7. The quantitative estimate of drug-likeness (QED) is 0.00657. The molecule has 0 saturated carbocycles. The van der Waals surface area contributed by atoms with E-state index in [0.29, 0.717) is 195 Å². The van der Waals surface area contributed by atoms with Crippen molar-refractivity contribution in [1.82, 2.24) is 48.5 Å². The number of anilines is 2. The van der Waals surface area contributed by atoms with Gasteiger partial charge in [-0.05, 0) is 70.5 Å². The molecular weight excluding hydrogens is 1520 g/mol. The number of nitrogens with zero attached hydrogens (tertiary/aromatic N) is 10. The van der Waals surface area contributed by atoms with Crippen LogP contribution in [0.15, 0.2) is 53.4 Å². The van der Waals surface area contributed by atoms with Crippen LogP contribution >= 0.6 is 0 Å². The van der Waals surface area contributed by atoms with Gasteiger partial charge in [0.1, 0.15) is 33.9 Å². The number of aryl methyl sites for hydroxylation is 4. The first-order valence-corrected chi connectivity index (χ1v) is 37.9. The van der Waals surface area contributed by atoms with E-state index in [9.17, 15) is 54.7 Å². The standard InChI is InChI=1S/C72H96F4N14O22S/c1-6-89-53(41-47(3)83-89)69(95)81-71-79-51-43-49(67(77)93)45-55(100-5)63(51)87(71)14-8-9-15-88-64-52(80-72(88)82-70(96)54-42-48(4)84-90(54)7-2)44-50(68(78)94)46-56(64)111-20-10-13-85-16-18-86(19-17-85)57(91)11-21-101-23-25-103-27-29-105-31-33-107-35-37-109-39-40-110-38-36-108-34-32-106-30-28-104-26-24-102-22-12-58(92)112-65-59(73)61(75)66(113(97,98)99)62(76)60(65)74/h8-9,41-46H,6-7,10-40H2,1-5H3,(H2,77,93)(H2,78,94)(H,79,81,95)(H,80,82,96)(H,97,98,99)/b9-8+. The van der Waals surface area contributed by atoms with Crippen molar-refractivity contribution in [2.45, 2.75) is 78.0 Å². The van der Waals surface area contributed by atoms with Gasteiger partial charge in [0.15, 0.2) is 16.5 Å². The van der Waals surface area contributed by atoms with Gasteiger partial charge in [0, 0.05) is 70.0 Å². The van der Waals surface area contributed by atoms with E-state index >= 15 is 0 Å². The predicted molar refractivity (Wildman–Crippen MR) is 396 cm³/mol. The number of aromatic nitrogens is 8. The lowest BCUT2D eigenvalue weighted by atomic mass is 10.1. The third-order valence-electron chi connectivity index (χ3n) is 17.0. The molecule has 8 rings (SSSR count). The molecule has 1 saturated heterocycles. The molecule has 0 atom stereocenters. The first-order valence-electron chi connectivity index (χ1n) is 36.5. The number of benzene rings is 3. The van der Waals surface area contributed by atoms with Crippen LogP contribution in [0.25, 0.3) is 22.1 Å². The highest BCUT2D eigenvalue weighted by Crippen LogP contribution is 2.35. The number of piperazine rings is 1. The summed E-state index contributed by atoms with van der Waals surface area (Å²) in [6, 6.07) is 9.45. The summed E-state index contributed by atoms with van der Waals surface area (Å²) in [6.45, 7) is 17.1. The molecule has 41 heteroatoms. The Balaban J connectivity index is 0.648. The van der Waals surface area contributed by atoms with Crippen molar-refractivity contribution in [2.24, 2.45) is 11.5 Å². The topological polar surface area (TPSA) is 431 Å². The van der Waals surface area contributed by atoms with Crippen LogP contribution in [-0.4, -0.2) is 276 Å². The number of hydrogen-bond donors (Lipinski definition) is 5. The molecular formula is C72H96F4N14O22S. The van der Waals surface area contributed by atoms with Crippen LogP contribution in [0.4, 0.5) is 29.5 Å². The summed E-state index contributed by atoms with van der Waals surface area (Å²) in [7, 11) is -4.22. The molecule has 0 bridgehead atoms. The van der Waals surface area contributed by atoms with Crippen molar-refractivity contribution >= 4 is 79.6 Å². The summed E-state index contributed by atoms with van der Waals surface area (Å²) in [4.78, 5) is 89.5. The number of esters is 1. The molecule has 0 aliphatic carbocycles. The maximum absolute atomic E-state index is 14.1. The van der Waals surface area contributed by atoms with Gasteiger partial charge in [-0.25, -0.2) is 18.7 Å². The Morgan fingerprint density at radius 2 is 0.903 bits per heavy atom. The lowest BCUT2D eigenvalue weighted by Gasteiger charge is -2.34. The first-order chi connectivity index (χ1) is 54.4. The highest BCUT2D eigenvalue weighted by Gasteiger charge is 2.35. The number of nitrogens with one attached hydrogen (secondary N) is 2. The molecule has 1 aliphatic rings. The van der Waals surface area contributed by atoms with Crippen LogP contribution in [0.2, 0.25) is 0 Å². The maximum Gasteiger partial charge on any atom is 0.313 e. The van der Waals surface area contributed by atoms with E-state index in [4.69, 9.17) is 82.8 Å². The molecule has 620 valence electrons. The maximum atomic E-state index is 14.1. The summed E-state index contributed by atoms with van der Waals surface area (Å²) in [5.41, 5.74) is 15.4. The minimum Gasteiger partial charge on any atom is -0.494 e. The van der Waals surface area contributed by atoms with Gasteiger partial charge in [-0.2, -0.15) is 27.4 Å². The van der Waals surface area contributed by atoms with Gasteiger partial charge < -0.3 is 87.1 Å².